The highest BCUT2D eigenvalue weighted by Gasteiger charge is 2.08. The number of halogens is 2. The van der Waals surface area contributed by atoms with E-state index in [1.165, 1.54) is 12.1 Å². The second-order valence-corrected chi connectivity index (χ2v) is 3.38. The zero-order valence-electron chi connectivity index (χ0n) is 8.48. The van der Waals surface area contributed by atoms with E-state index in [9.17, 15) is 8.78 Å². The molecule has 0 aliphatic rings. The number of nitrogens with one attached hydrogen (secondary N) is 1. The minimum absolute atomic E-state index is 0.199. The van der Waals surface area contributed by atoms with Crippen molar-refractivity contribution in [2.75, 3.05) is 13.1 Å². The molecule has 1 aromatic carbocycles. The molecule has 1 N–H and O–H groups in total. The number of rotatable bonds is 4. The van der Waals surface area contributed by atoms with Crippen LogP contribution in [-0.2, 0) is 0 Å². The lowest BCUT2D eigenvalue weighted by molar-refractivity contribution is 0.504. The van der Waals surface area contributed by atoms with Crippen molar-refractivity contribution in [2.45, 2.75) is 19.8 Å². The molecule has 14 heavy (non-hydrogen) atoms. The van der Waals surface area contributed by atoms with Gasteiger partial charge in [-0.15, -0.1) is 0 Å². The zero-order valence-corrected chi connectivity index (χ0v) is 8.48. The van der Waals surface area contributed by atoms with E-state index < -0.39 is 11.6 Å². The molecule has 0 bridgehead atoms. The van der Waals surface area contributed by atoms with E-state index in [0.717, 1.165) is 18.7 Å². The van der Waals surface area contributed by atoms with E-state index >= 15 is 0 Å². The fourth-order valence-electron chi connectivity index (χ4n) is 1.30. The van der Waals surface area contributed by atoms with Gasteiger partial charge in [-0.25, -0.2) is 8.78 Å². The van der Waals surface area contributed by atoms with Crippen LogP contribution in [0.4, 0.5) is 8.78 Å². The van der Waals surface area contributed by atoms with E-state index in [0.29, 0.717) is 0 Å². The van der Waals surface area contributed by atoms with Crippen molar-refractivity contribution < 1.29 is 8.78 Å². The zero-order chi connectivity index (χ0) is 10.6. The monoisotopic (exact) mass is 199 g/mol. The molecule has 0 aliphatic heterocycles. The molecular formula is C11H15F2N. The molecule has 1 atom stereocenters. The molecule has 1 aromatic rings. The van der Waals surface area contributed by atoms with E-state index in [-0.39, 0.29) is 5.92 Å². The van der Waals surface area contributed by atoms with Crippen molar-refractivity contribution in [1.82, 2.24) is 5.32 Å². The van der Waals surface area contributed by atoms with E-state index in [4.69, 9.17) is 0 Å². The summed E-state index contributed by atoms with van der Waals surface area (Å²) in [6.45, 7) is 5.66. The maximum absolute atomic E-state index is 12.9. The quantitative estimate of drug-likeness (QED) is 0.786. The Morgan fingerprint density at radius 2 is 2.00 bits per heavy atom. The van der Waals surface area contributed by atoms with Gasteiger partial charge in [0.15, 0.2) is 11.6 Å². The Labute approximate surface area is 83.1 Å². The third-order valence-electron chi connectivity index (χ3n) is 2.21. The minimum Gasteiger partial charge on any atom is -0.316 e. The van der Waals surface area contributed by atoms with Gasteiger partial charge in [0.05, 0.1) is 0 Å². The summed E-state index contributed by atoms with van der Waals surface area (Å²) < 4.78 is 25.5. The molecule has 0 radical (unpaired) electrons. The van der Waals surface area contributed by atoms with Crippen LogP contribution in [0, 0.1) is 11.6 Å². The molecule has 0 saturated carbocycles. The van der Waals surface area contributed by atoms with Crippen molar-refractivity contribution in [3.63, 3.8) is 0 Å². The van der Waals surface area contributed by atoms with Crippen molar-refractivity contribution >= 4 is 0 Å². The molecule has 1 unspecified atom stereocenters. The van der Waals surface area contributed by atoms with Gasteiger partial charge in [0.1, 0.15) is 0 Å². The summed E-state index contributed by atoms with van der Waals surface area (Å²) in [5, 5.41) is 3.16. The molecular weight excluding hydrogens is 184 g/mol. The summed E-state index contributed by atoms with van der Waals surface area (Å²) in [5.74, 6) is -1.36. The van der Waals surface area contributed by atoms with Gasteiger partial charge < -0.3 is 5.32 Å². The molecule has 1 rings (SSSR count). The van der Waals surface area contributed by atoms with E-state index in [1.807, 2.05) is 13.8 Å². The number of likely N-dealkylation sites (N-methyl/N-ethyl adjacent to an activating group) is 1. The van der Waals surface area contributed by atoms with Crippen LogP contribution < -0.4 is 5.32 Å². The van der Waals surface area contributed by atoms with Crippen LogP contribution in [0.15, 0.2) is 18.2 Å². The van der Waals surface area contributed by atoms with Crippen LogP contribution in [0.5, 0.6) is 0 Å². The topological polar surface area (TPSA) is 12.0 Å². The lowest BCUT2D eigenvalue weighted by Crippen LogP contribution is -2.19. The van der Waals surface area contributed by atoms with Crippen LogP contribution >= 0.6 is 0 Å². The highest BCUT2D eigenvalue weighted by Crippen LogP contribution is 2.17. The van der Waals surface area contributed by atoms with Crippen LogP contribution in [0.1, 0.15) is 25.3 Å². The van der Waals surface area contributed by atoms with E-state index in [1.54, 1.807) is 6.07 Å². The Kier molecular flexibility index (Phi) is 4.01. The Morgan fingerprint density at radius 3 is 2.57 bits per heavy atom. The first kappa shape index (κ1) is 11.1. The maximum Gasteiger partial charge on any atom is 0.159 e. The molecule has 0 saturated heterocycles. The Hall–Kier alpha value is -0.960. The third kappa shape index (κ3) is 2.77. The van der Waals surface area contributed by atoms with Crippen LogP contribution in [-0.4, -0.2) is 13.1 Å². The van der Waals surface area contributed by atoms with Gasteiger partial charge in [-0.1, -0.05) is 19.9 Å². The molecule has 0 heterocycles. The van der Waals surface area contributed by atoms with Gasteiger partial charge in [0, 0.05) is 6.54 Å². The molecule has 0 aliphatic carbocycles. The Balaban J connectivity index is 2.70. The molecule has 3 heteroatoms. The maximum atomic E-state index is 12.9. The fraction of sp³-hybridized carbons (Fsp3) is 0.455. The van der Waals surface area contributed by atoms with Gasteiger partial charge in [-0.05, 0) is 30.2 Å². The normalized spacial score (nSPS) is 12.9. The smallest absolute Gasteiger partial charge is 0.159 e. The van der Waals surface area contributed by atoms with Gasteiger partial charge >= 0.3 is 0 Å². The largest absolute Gasteiger partial charge is 0.316 e. The first-order valence-electron chi connectivity index (χ1n) is 4.80. The van der Waals surface area contributed by atoms with Crippen molar-refractivity contribution in [1.29, 1.82) is 0 Å². The van der Waals surface area contributed by atoms with Gasteiger partial charge in [0.2, 0.25) is 0 Å². The molecule has 1 nitrogen and oxygen atoms in total. The molecule has 78 valence electrons. The standard InChI is InChI=1S/C11H15F2N/c1-3-14-7-8(2)9-4-5-10(12)11(13)6-9/h4-6,8,14H,3,7H2,1-2H3. The Morgan fingerprint density at radius 1 is 1.29 bits per heavy atom. The van der Waals surface area contributed by atoms with Crippen molar-refractivity contribution in [3.05, 3.63) is 35.4 Å². The molecule has 0 aromatic heterocycles. The fourth-order valence-corrected chi connectivity index (χ4v) is 1.30. The Bertz CT molecular complexity index is 299. The predicted molar refractivity (Wildman–Crippen MR) is 53.3 cm³/mol. The minimum atomic E-state index is -0.788. The summed E-state index contributed by atoms with van der Waals surface area (Å²) in [5.41, 5.74) is 0.824. The second kappa shape index (κ2) is 5.05. The van der Waals surface area contributed by atoms with Gasteiger partial charge in [0.25, 0.3) is 0 Å². The molecule has 0 spiro atoms. The number of hydrogen-bond acceptors (Lipinski definition) is 1. The second-order valence-electron chi connectivity index (χ2n) is 3.38. The first-order valence-corrected chi connectivity index (χ1v) is 4.80. The highest BCUT2D eigenvalue weighted by atomic mass is 19.2. The average Bonchev–Trinajstić information content (AvgIpc) is 2.18. The average molecular weight is 199 g/mol. The van der Waals surface area contributed by atoms with E-state index in [2.05, 4.69) is 5.32 Å². The lowest BCUT2D eigenvalue weighted by Gasteiger charge is -2.12. The number of hydrogen-bond donors (Lipinski definition) is 1. The highest BCUT2D eigenvalue weighted by molar-refractivity contribution is 5.21. The summed E-state index contributed by atoms with van der Waals surface area (Å²) >= 11 is 0. The molecule has 0 amide bonds. The van der Waals surface area contributed by atoms with Crippen molar-refractivity contribution in [3.8, 4) is 0 Å². The van der Waals surface area contributed by atoms with Crippen LogP contribution in [0.25, 0.3) is 0 Å². The van der Waals surface area contributed by atoms with Gasteiger partial charge in [-0.3, -0.25) is 0 Å². The predicted octanol–water partition coefficient (Wildman–Crippen LogP) is 2.68. The third-order valence-corrected chi connectivity index (χ3v) is 2.21. The summed E-state index contributed by atoms with van der Waals surface area (Å²) in [6.07, 6.45) is 0. The number of benzene rings is 1. The van der Waals surface area contributed by atoms with Crippen molar-refractivity contribution in [2.24, 2.45) is 0 Å². The van der Waals surface area contributed by atoms with Crippen LogP contribution in [0.2, 0.25) is 0 Å². The SMILES string of the molecule is CCNCC(C)c1ccc(F)c(F)c1. The summed E-state index contributed by atoms with van der Waals surface area (Å²) in [6, 6.07) is 4.06. The van der Waals surface area contributed by atoms with Gasteiger partial charge in [-0.2, -0.15) is 0 Å². The summed E-state index contributed by atoms with van der Waals surface area (Å²) in [7, 11) is 0. The molecule has 0 fully saturated rings. The van der Waals surface area contributed by atoms with Crippen LogP contribution in [0.3, 0.4) is 0 Å². The first-order chi connectivity index (χ1) is 6.65. The summed E-state index contributed by atoms with van der Waals surface area (Å²) in [4.78, 5) is 0. The lowest BCUT2D eigenvalue weighted by atomic mass is 10.0.